The summed E-state index contributed by atoms with van der Waals surface area (Å²) in [5.74, 6) is 0.866. The normalized spacial score (nSPS) is 14.1. The highest BCUT2D eigenvalue weighted by Crippen LogP contribution is 2.21. The Morgan fingerprint density at radius 1 is 1.50 bits per heavy atom. The first-order valence-corrected chi connectivity index (χ1v) is 5.16. The number of imidazole rings is 1. The third kappa shape index (κ3) is 4.65. The van der Waals surface area contributed by atoms with E-state index in [1.807, 2.05) is 17.7 Å². The van der Waals surface area contributed by atoms with Crippen LogP contribution in [0, 0.1) is 6.92 Å². The molecule has 1 aromatic heterocycles. The summed E-state index contributed by atoms with van der Waals surface area (Å²) in [6.07, 6.45) is -1.41. The number of hydrogen-bond donors (Lipinski definition) is 1. The molecule has 0 radical (unpaired) electrons. The SMILES string of the molecule is Cc1nccn1CCNC(C)CC(F)(F)F. The second-order valence-corrected chi connectivity index (χ2v) is 3.84. The van der Waals surface area contributed by atoms with Crippen molar-refractivity contribution in [1.82, 2.24) is 14.9 Å². The zero-order valence-corrected chi connectivity index (χ0v) is 9.38. The highest BCUT2D eigenvalue weighted by atomic mass is 19.4. The quantitative estimate of drug-likeness (QED) is 0.847. The van der Waals surface area contributed by atoms with Gasteiger partial charge in [-0.15, -0.1) is 0 Å². The van der Waals surface area contributed by atoms with E-state index in [2.05, 4.69) is 10.3 Å². The molecule has 0 saturated carbocycles. The van der Waals surface area contributed by atoms with Gasteiger partial charge in [0.05, 0.1) is 6.42 Å². The molecule has 1 rings (SSSR count). The second kappa shape index (κ2) is 5.34. The molecule has 6 heteroatoms. The predicted octanol–water partition coefficient (Wildman–Crippen LogP) is 2.12. The maximum absolute atomic E-state index is 12.0. The van der Waals surface area contributed by atoms with Crippen LogP contribution < -0.4 is 5.32 Å². The molecule has 0 aliphatic heterocycles. The largest absolute Gasteiger partial charge is 0.390 e. The first kappa shape index (κ1) is 13.0. The van der Waals surface area contributed by atoms with E-state index < -0.39 is 18.6 Å². The van der Waals surface area contributed by atoms with Crippen LogP contribution >= 0.6 is 0 Å². The fourth-order valence-corrected chi connectivity index (χ4v) is 1.49. The zero-order chi connectivity index (χ0) is 12.2. The van der Waals surface area contributed by atoms with E-state index in [4.69, 9.17) is 0 Å². The van der Waals surface area contributed by atoms with Gasteiger partial charge in [-0.1, -0.05) is 0 Å². The van der Waals surface area contributed by atoms with Crippen molar-refractivity contribution in [3.8, 4) is 0 Å². The van der Waals surface area contributed by atoms with Gasteiger partial charge in [-0.2, -0.15) is 13.2 Å². The maximum atomic E-state index is 12.0. The number of hydrogen-bond acceptors (Lipinski definition) is 2. The molecule has 1 heterocycles. The Hall–Kier alpha value is -1.04. The Morgan fingerprint density at radius 3 is 2.69 bits per heavy atom. The van der Waals surface area contributed by atoms with Crippen molar-refractivity contribution in [2.24, 2.45) is 0 Å². The van der Waals surface area contributed by atoms with Crippen LogP contribution in [0.5, 0.6) is 0 Å². The van der Waals surface area contributed by atoms with Gasteiger partial charge in [-0.25, -0.2) is 4.98 Å². The molecule has 1 atom stereocenters. The highest BCUT2D eigenvalue weighted by Gasteiger charge is 2.29. The number of rotatable bonds is 5. The Morgan fingerprint density at radius 2 is 2.19 bits per heavy atom. The van der Waals surface area contributed by atoms with Gasteiger partial charge in [0.2, 0.25) is 0 Å². The van der Waals surface area contributed by atoms with Crippen LogP contribution in [-0.4, -0.2) is 28.3 Å². The smallest absolute Gasteiger partial charge is 0.334 e. The molecule has 0 amide bonds. The van der Waals surface area contributed by atoms with Gasteiger partial charge in [-0.05, 0) is 13.8 Å². The van der Waals surface area contributed by atoms with Gasteiger partial charge in [0.1, 0.15) is 5.82 Å². The van der Waals surface area contributed by atoms with Crippen LogP contribution in [0.3, 0.4) is 0 Å². The average Bonchev–Trinajstić information content (AvgIpc) is 2.48. The number of aryl methyl sites for hydroxylation is 1. The third-order valence-corrected chi connectivity index (χ3v) is 2.31. The Kier molecular flexibility index (Phi) is 4.35. The molecule has 0 aliphatic carbocycles. The number of aromatic nitrogens is 2. The lowest BCUT2D eigenvalue weighted by molar-refractivity contribution is -0.139. The van der Waals surface area contributed by atoms with E-state index >= 15 is 0 Å². The summed E-state index contributed by atoms with van der Waals surface area (Å²) < 4.78 is 37.9. The molecule has 0 aromatic carbocycles. The predicted molar refractivity (Wildman–Crippen MR) is 55.1 cm³/mol. The van der Waals surface area contributed by atoms with E-state index in [1.165, 1.54) is 6.92 Å². The summed E-state index contributed by atoms with van der Waals surface area (Å²) in [5.41, 5.74) is 0. The Bertz CT molecular complexity index is 319. The molecule has 3 nitrogen and oxygen atoms in total. The van der Waals surface area contributed by atoms with Crippen LogP contribution in [0.2, 0.25) is 0 Å². The van der Waals surface area contributed by atoms with Crippen LogP contribution in [0.15, 0.2) is 12.4 Å². The molecule has 0 spiro atoms. The van der Waals surface area contributed by atoms with Crippen molar-refractivity contribution in [2.45, 2.75) is 39.0 Å². The molecule has 1 unspecified atom stereocenters. The van der Waals surface area contributed by atoms with Gasteiger partial charge >= 0.3 is 6.18 Å². The maximum Gasteiger partial charge on any atom is 0.390 e. The molecule has 0 aliphatic rings. The number of alkyl halides is 3. The Balaban J connectivity index is 2.23. The Labute approximate surface area is 92.7 Å². The van der Waals surface area contributed by atoms with Gasteiger partial charge in [0.15, 0.2) is 0 Å². The molecule has 0 fully saturated rings. The fourth-order valence-electron chi connectivity index (χ4n) is 1.49. The topological polar surface area (TPSA) is 29.9 Å². The standard InChI is InChI=1S/C10H16F3N3/c1-8(7-10(11,12)13)14-3-5-16-6-4-15-9(16)2/h4,6,8,14H,3,5,7H2,1-2H3. The van der Waals surface area contributed by atoms with Crippen molar-refractivity contribution >= 4 is 0 Å². The average molecular weight is 235 g/mol. The monoisotopic (exact) mass is 235 g/mol. The summed E-state index contributed by atoms with van der Waals surface area (Å²) >= 11 is 0. The summed E-state index contributed by atoms with van der Waals surface area (Å²) in [6, 6.07) is -0.552. The minimum atomic E-state index is -4.10. The summed E-state index contributed by atoms with van der Waals surface area (Å²) in [4.78, 5) is 4.03. The first-order valence-electron chi connectivity index (χ1n) is 5.16. The van der Waals surface area contributed by atoms with Gasteiger partial charge in [0.25, 0.3) is 0 Å². The van der Waals surface area contributed by atoms with Crippen LogP contribution in [0.4, 0.5) is 13.2 Å². The minimum absolute atomic E-state index is 0.508. The van der Waals surface area contributed by atoms with Crippen molar-refractivity contribution in [1.29, 1.82) is 0 Å². The summed E-state index contributed by atoms with van der Waals surface area (Å²) in [7, 11) is 0. The van der Waals surface area contributed by atoms with Crippen molar-refractivity contribution in [3.63, 3.8) is 0 Å². The summed E-state index contributed by atoms with van der Waals surface area (Å²) in [5, 5.41) is 2.84. The van der Waals surface area contributed by atoms with Crippen LogP contribution in [0.25, 0.3) is 0 Å². The van der Waals surface area contributed by atoms with Gasteiger partial charge in [-0.3, -0.25) is 0 Å². The van der Waals surface area contributed by atoms with E-state index in [-0.39, 0.29) is 0 Å². The van der Waals surface area contributed by atoms with Gasteiger partial charge < -0.3 is 9.88 Å². The van der Waals surface area contributed by atoms with Crippen molar-refractivity contribution in [3.05, 3.63) is 18.2 Å². The van der Waals surface area contributed by atoms with E-state index in [9.17, 15) is 13.2 Å². The third-order valence-electron chi connectivity index (χ3n) is 2.31. The molecular formula is C10H16F3N3. The minimum Gasteiger partial charge on any atom is -0.334 e. The first-order chi connectivity index (χ1) is 7.38. The van der Waals surface area contributed by atoms with E-state index in [1.54, 1.807) is 6.20 Å². The number of nitrogens with one attached hydrogen (secondary N) is 1. The molecule has 1 aromatic rings. The molecule has 92 valence electrons. The van der Waals surface area contributed by atoms with Crippen molar-refractivity contribution < 1.29 is 13.2 Å². The molecule has 0 saturated heterocycles. The second-order valence-electron chi connectivity index (χ2n) is 3.84. The molecule has 1 N–H and O–H groups in total. The highest BCUT2D eigenvalue weighted by molar-refractivity contribution is 4.88. The fraction of sp³-hybridized carbons (Fsp3) is 0.700. The van der Waals surface area contributed by atoms with Crippen LogP contribution in [-0.2, 0) is 6.54 Å². The lowest BCUT2D eigenvalue weighted by Gasteiger charge is -2.16. The van der Waals surface area contributed by atoms with Gasteiger partial charge in [0, 0.05) is 31.5 Å². The zero-order valence-electron chi connectivity index (χ0n) is 9.38. The van der Waals surface area contributed by atoms with E-state index in [0.29, 0.717) is 13.1 Å². The molecule has 0 bridgehead atoms. The van der Waals surface area contributed by atoms with E-state index in [0.717, 1.165) is 5.82 Å². The summed E-state index contributed by atoms with van der Waals surface area (Å²) in [6.45, 7) is 4.54. The molecule has 16 heavy (non-hydrogen) atoms. The lowest BCUT2D eigenvalue weighted by Crippen LogP contribution is -2.33. The molecular weight excluding hydrogens is 219 g/mol. The lowest BCUT2D eigenvalue weighted by atomic mass is 10.2. The van der Waals surface area contributed by atoms with Crippen LogP contribution in [0.1, 0.15) is 19.2 Å². The van der Waals surface area contributed by atoms with Crippen molar-refractivity contribution in [2.75, 3.05) is 6.54 Å². The number of nitrogens with zero attached hydrogens (tertiary/aromatic N) is 2. The number of halogens is 3.